The van der Waals surface area contributed by atoms with Crippen LogP contribution in [0.5, 0.6) is 0 Å². The molecule has 1 aliphatic rings. The van der Waals surface area contributed by atoms with Crippen LogP contribution >= 0.6 is 0 Å². The third kappa shape index (κ3) is 5.81. The predicted octanol–water partition coefficient (Wildman–Crippen LogP) is 0.604. The summed E-state index contributed by atoms with van der Waals surface area (Å²) in [6, 6.07) is 0. The van der Waals surface area contributed by atoms with E-state index < -0.39 is 10.0 Å². The number of sulfonamides is 1. The molecule has 0 bridgehead atoms. The lowest BCUT2D eigenvalue weighted by Gasteiger charge is -2.33. The van der Waals surface area contributed by atoms with Crippen molar-refractivity contribution in [3.63, 3.8) is 0 Å². The number of nitrogens with one attached hydrogen (secondary N) is 1. The van der Waals surface area contributed by atoms with Gasteiger partial charge in [0.1, 0.15) is 0 Å². The molecule has 0 atom stereocenters. The average molecular weight is 264 g/mol. The lowest BCUT2D eigenvalue weighted by Crippen LogP contribution is -2.51. The van der Waals surface area contributed by atoms with Gasteiger partial charge < -0.3 is 10.5 Å². The standard InChI is InChI=1S/C11H24N2O3S/c1-2-16-8-9-17(14,15)13-10-11(12)6-4-3-5-7-11/h13H,2-10,12H2,1H3. The summed E-state index contributed by atoms with van der Waals surface area (Å²) in [5.41, 5.74) is 5.81. The smallest absolute Gasteiger partial charge is 0.213 e. The molecule has 0 aromatic rings. The SMILES string of the molecule is CCOCCS(=O)(=O)NCC1(N)CCCCC1. The van der Waals surface area contributed by atoms with Gasteiger partial charge in [-0.25, -0.2) is 13.1 Å². The first-order valence-electron chi connectivity index (χ1n) is 6.31. The van der Waals surface area contributed by atoms with Crippen LogP contribution < -0.4 is 10.5 Å². The number of hydrogen-bond acceptors (Lipinski definition) is 4. The van der Waals surface area contributed by atoms with Crippen molar-refractivity contribution in [1.29, 1.82) is 0 Å². The molecule has 6 heteroatoms. The molecule has 0 heterocycles. The Kier molecular flexibility index (Phi) is 5.85. The molecular formula is C11H24N2O3S. The van der Waals surface area contributed by atoms with E-state index in [1.807, 2.05) is 6.92 Å². The summed E-state index contributed by atoms with van der Waals surface area (Å²) in [6.07, 6.45) is 5.20. The van der Waals surface area contributed by atoms with Crippen LogP contribution in [0.1, 0.15) is 39.0 Å². The highest BCUT2D eigenvalue weighted by atomic mass is 32.2. The van der Waals surface area contributed by atoms with Crippen LogP contribution in [0.15, 0.2) is 0 Å². The maximum Gasteiger partial charge on any atom is 0.213 e. The van der Waals surface area contributed by atoms with Crippen molar-refractivity contribution in [2.24, 2.45) is 5.73 Å². The Hall–Kier alpha value is -0.170. The third-order valence-electron chi connectivity index (χ3n) is 3.19. The summed E-state index contributed by atoms with van der Waals surface area (Å²) in [7, 11) is -3.25. The first-order valence-corrected chi connectivity index (χ1v) is 7.97. The fourth-order valence-corrected chi connectivity index (χ4v) is 3.06. The second-order valence-electron chi connectivity index (χ2n) is 4.76. The van der Waals surface area contributed by atoms with Crippen molar-refractivity contribution in [1.82, 2.24) is 4.72 Å². The average Bonchev–Trinajstić information content (AvgIpc) is 2.28. The van der Waals surface area contributed by atoms with Gasteiger partial charge in [-0.3, -0.25) is 0 Å². The van der Waals surface area contributed by atoms with Gasteiger partial charge in [-0.2, -0.15) is 0 Å². The van der Waals surface area contributed by atoms with E-state index in [1.54, 1.807) is 0 Å². The topological polar surface area (TPSA) is 81.4 Å². The van der Waals surface area contributed by atoms with Gasteiger partial charge in [-0.1, -0.05) is 19.3 Å². The summed E-state index contributed by atoms with van der Waals surface area (Å²) in [6.45, 7) is 2.97. The van der Waals surface area contributed by atoms with Crippen LogP contribution in [-0.2, 0) is 14.8 Å². The second kappa shape index (κ2) is 6.68. The molecule has 0 aromatic heterocycles. The van der Waals surface area contributed by atoms with Crippen molar-refractivity contribution < 1.29 is 13.2 Å². The zero-order valence-electron chi connectivity index (χ0n) is 10.6. The van der Waals surface area contributed by atoms with Gasteiger partial charge in [-0.05, 0) is 19.8 Å². The first-order chi connectivity index (χ1) is 7.97. The molecule has 17 heavy (non-hydrogen) atoms. The van der Waals surface area contributed by atoms with E-state index in [4.69, 9.17) is 10.5 Å². The molecule has 1 fully saturated rings. The van der Waals surface area contributed by atoms with Crippen molar-refractivity contribution in [3.05, 3.63) is 0 Å². The highest BCUT2D eigenvalue weighted by Crippen LogP contribution is 2.25. The minimum atomic E-state index is -3.25. The third-order valence-corrected chi connectivity index (χ3v) is 4.48. The Bertz CT molecular complexity index is 311. The molecular weight excluding hydrogens is 240 g/mol. The highest BCUT2D eigenvalue weighted by Gasteiger charge is 2.28. The molecule has 102 valence electrons. The summed E-state index contributed by atoms with van der Waals surface area (Å²) >= 11 is 0. The van der Waals surface area contributed by atoms with Crippen molar-refractivity contribution in [2.45, 2.75) is 44.6 Å². The number of hydrogen-bond donors (Lipinski definition) is 2. The van der Waals surface area contributed by atoms with E-state index >= 15 is 0 Å². The van der Waals surface area contributed by atoms with Gasteiger partial charge >= 0.3 is 0 Å². The Labute approximate surface area is 104 Å². The minimum absolute atomic E-state index is 0.0108. The summed E-state index contributed by atoms with van der Waals surface area (Å²) < 4.78 is 30.9. The normalized spacial score (nSPS) is 20.4. The van der Waals surface area contributed by atoms with E-state index in [9.17, 15) is 8.42 Å². The number of rotatable bonds is 7. The second-order valence-corrected chi connectivity index (χ2v) is 6.69. The zero-order valence-corrected chi connectivity index (χ0v) is 11.4. The van der Waals surface area contributed by atoms with Crippen LogP contribution in [0.4, 0.5) is 0 Å². The lowest BCUT2D eigenvalue weighted by molar-refractivity contribution is 0.163. The zero-order chi connectivity index (χ0) is 12.8. The predicted molar refractivity (Wildman–Crippen MR) is 68.3 cm³/mol. The molecule has 0 saturated heterocycles. The molecule has 1 rings (SSSR count). The molecule has 0 aromatic carbocycles. The van der Waals surface area contributed by atoms with E-state index in [1.165, 1.54) is 6.42 Å². The van der Waals surface area contributed by atoms with Crippen molar-refractivity contribution in [3.8, 4) is 0 Å². The van der Waals surface area contributed by atoms with Crippen molar-refractivity contribution in [2.75, 3.05) is 25.5 Å². The molecule has 0 radical (unpaired) electrons. The van der Waals surface area contributed by atoms with Gasteiger partial charge in [0.25, 0.3) is 0 Å². The molecule has 1 aliphatic carbocycles. The molecule has 5 nitrogen and oxygen atoms in total. The summed E-state index contributed by atoms with van der Waals surface area (Å²) in [4.78, 5) is 0. The quantitative estimate of drug-likeness (QED) is 0.660. The van der Waals surface area contributed by atoms with Gasteiger partial charge in [0, 0.05) is 18.7 Å². The molecule has 3 N–H and O–H groups in total. The van der Waals surface area contributed by atoms with E-state index in [2.05, 4.69) is 4.72 Å². The fourth-order valence-electron chi connectivity index (χ4n) is 2.07. The number of nitrogens with two attached hydrogens (primary N) is 1. The fraction of sp³-hybridized carbons (Fsp3) is 1.00. The molecule has 0 unspecified atom stereocenters. The van der Waals surface area contributed by atoms with Crippen LogP contribution in [0.2, 0.25) is 0 Å². The molecule has 0 aliphatic heterocycles. The maximum atomic E-state index is 11.6. The Morgan fingerprint density at radius 2 is 1.94 bits per heavy atom. The highest BCUT2D eigenvalue weighted by molar-refractivity contribution is 7.89. The van der Waals surface area contributed by atoms with Crippen LogP contribution in [0.25, 0.3) is 0 Å². The number of ether oxygens (including phenoxy) is 1. The molecule has 1 saturated carbocycles. The Balaban J connectivity index is 2.32. The van der Waals surface area contributed by atoms with E-state index in [0.29, 0.717) is 13.2 Å². The van der Waals surface area contributed by atoms with Crippen molar-refractivity contribution >= 4 is 10.0 Å². The summed E-state index contributed by atoms with van der Waals surface area (Å²) in [5.74, 6) is 0.0108. The van der Waals surface area contributed by atoms with Gasteiger partial charge in [0.15, 0.2) is 0 Å². The minimum Gasteiger partial charge on any atom is -0.381 e. The van der Waals surface area contributed by atoms with Crippen LogP contribution in [0.3, 0.4) is 0 Å². The largest absolute Gasteiger partial charge is 0.381 e. The first kappa shape index (κ1) is 14.9. The van der Waals surface area contributed by atoms with Crippen LogP contribution in [-0.4, -0.2) is 39.5 Å². The van der Waals surface area contributed by atoms with Gasteiger partial charge in [0.2, 0.25) is 10.0 Å². The van der Waals surface area contributed by atoms with E-state index in [-0.39, 0.29) is 17.9 Å². The van der Waals surface area contributed by atoms with Gasteiger partial charge in [-0.15, -0.1) is 0 Å². The summed E-state index contributed by atoms with van der Waals surface area (Å²) in [5, 5.41) is 0. The maximum absolute atomic E-state index is 11.6. The molecule has 0 amide bonds. The Morgan fingerprint density at radius 1 is 1.29 bits per heavy atom. The molecule has 0 spiro atoms. The van der Waals surface area contributed by atoms with Crippen LogP contribution in [0, 0.1) is 0 Å². The van der Waals surface area contributed by atoms with Gasteiger partial charge in [0.05, 0.1) is 12.4 Å². The van der Waals surface area contributed by atoms with E-state index in [0.717, 1.165) is 25.7 Å². The lowest BCUT2D eigenvalue weighted by atomic mass is 9.83. The monoisotopic (exact) mass is 264 g/mol. The Morgan fingerprint density at radius 3 is 2.53 bits per heavy atom.